The lowest BCUT2D eigenvalue weighted by atomic mass is 10.3. The number of anilines is 3. The second-order valence-corrected chi connectivity index (χ2v) is 7.35. The van der Waals surface area contributed by atoms with Crippen LogP contribution in [0.4, 0.5) is 17.7 Å². The van der Waals surface area contributed by atoms with Crippen LogP contribution in [-0.4, -0.2) is 91.4 Å². The molecule has 4 heterocycles. The Morgan fingerprint density at radius 2 is 1.36 bits per heavy atom. The molecule has 28 heavy (non-hydrogen) atoms. The maximum absolute atomic E-state index is 5.13. The molecule has 0 unspecified atom stereocenters. The summed E-state index contributed by atoms with van der Waals surface area (Å²) in [5, 5.41) is 0. The molecule has 9 heteroatoms. The molecule has 150 valence electrons. The molecule has 0 atom stereocenters. The van der Waals surface area contributed by atoms with E-state index in [-0.39, 0.29) is 0 Å². The number of methoxy groups -OCH3 is 1. The molecule has 2 aliphatic heterocycles. The zero-order chi connectivity index (χ0) is 19.5. The average Bonchev–Trinajstić information content (AvgIpc) is 2.74. The number of piperazine rings is 2. The van der Waals surface area contributed by atoms with Crippen LogP contribution in [0.25, 0.3) is 0 Å². The largest absolute Gasteiger partial charge is 0.494 e. The lowest BCUT2D eigenvalue weighted by Crippen LogP contribution is -2.48. The lowest BCUT2D eigenvalue weighted by Gasteiger charge is -2.36. The number of hydrogen-bond donors (Lipinski definition) is 0. The van der Waals surface area contributed by atoms with Gasteiger partial charge in [-0.05, 0) is 14.0 Å². The van der Waals surface area contributed by atoms with Crippen molar-refractivity contribution in [2.45, 2.75) is 6.92 Å². The van der Waals surface area contributed by atoms with Crippen molar-refractivity contribution in [3.63, 3.8) is 0 Å². The molecule has 2 aromatic heterocycles. The van der Waals surface area contributed by atoms with Crippen molar-refractivity contribution in [1.82, 2.24) is 24.8 Å². The first-order valence-electron chi connectivity index (χ1n) is 9.77. The Balaban J connectivity index is 1.42. The second-order valence-electron chi connectivity index (χ2n) is 7.35. The smallest absolute Gasteiger partial charge is 0.227 e. The number of aromatic nitrogens is 4. The normalized spacial score (nSPS) is 18.5. The first kappa shape index (κ1) is 18.7. The Morgan fingerprint density at radius 1 is 0.786 bits per heavy atom. The van der Waals surface area contributed by atoms with E-state index in [0.29, 0.717) is 5.75 Å². The molecule has 0 saturated carbocycles. The lowest BCUT2D eigenvalue weighted by molar-refractivity contribution is 0.312. The number of likely N-dealkylation sites (N-methyl/N-ethyl adjacent to an activating group) is 1. The van der Waals surface area contributed by atoms with Crippen LogP contribution in [0.2, 0.25) is 0 Å². The summed E-state index contributed by atoms with van der Waals surface area (Å²) in [6.45, 7) is 9.58. The van der Waals surface area contributed by atoms with Crippen molar-refractivity contribution >= 4 is 17.7 Å². The van der Waals surface area contributed by atoms with Gasteiger partial charge in [0.15, 0.2) is 5.75 Å². The number of rotatable bonds is 4. The van der Waals surface area contributed by atoms with Crippen molar-refractivity contribution in [3.8, 4) is 5.75 Å². The average molecular weight is 384 g/mol. The van der Waals surface area contributed by atoms with E-state index in [1.165, 1.54) is 0 Å². The summed E-state index contributed by atoms with van der Waals surface area (Å²) in [6, 6.07) is 2.09. The molecule has 2 aromatic rings. The minimum atomic E-state index is 0.673. The summed E-state index contributed by atoms with van der Waals surface area (Å²) in [5.41, 5.74) is 1.01. The maximum Gasteiger partial charge on any atom is 0.227 e. The third-order valence-electron chi connectivity index (χ3n) is 5.35. The van der Waals surface area contributed by atoms with Gasteiger partial charge in [0.2, 0.25) is 11.9 Å². The van der Waals surface area contributed by atoms with Gasteiger partial charge in [0.1, 0.15) is 5.82 Å². The number of hydrogen-bond acceptors (Lipinski definition) is 9. The molecule has 0 N–H and O–H groups in total. The summed E-state index contributed by atoms with van der Waals surface area (Å²) in [6.07, 6.45) is 3.42. The summed E-state index contributed by atoms with van der Waals surface area (Å²) >= 11 is 0. The van der Waals surface area contributed by atoms with E-state index in [9.17, 15) is 0 Å². The minimum Gasteiger partial charge on any atom is -0.494 e. The van der Waals surface area contributed by atoms with Crippen LogP contribution in [-0.2, 0) is 0 Å². The van der Waals surface area contributed by atoms with Gasteiger partial charge in [0.25, 0.3) is 0 Å². The zero-order valence-electron chi connectivity index (χ0n) is 16.9. The standard InChI is InChI=1S/C19H28N8O/c1-15-12-17(25-6-4-24(2)5-7-25)23-19(22-15)27-10-8-26(9-11-27)18-20-13-16(28-3)14-21-18/h12-14H,4-11H2,1-3H3. The maximum atomic E-state index is 5.13. The monoisotopic (exact) mass is 384 g/mol. The molecular weight excluding hydrogens is 356 g/mol. The first-order valence-corrected chi connectivity index (χ1v) is 9.77. The highest BCUT2D eigenvalue weighted by Crippen LogP contribution is 2.21. The summed E-state index contributed by atoms with van der Waals surface area (Å²) in [7, 11) is 3.79. The highest BCUT2D eigenvalue weighted by atomic mass is 16.5. The Morgan fingerprint density at radius 3 is 1.96 bits per heavy atom. The second kappa shape index (κ2) is 8.14. The number of aryl methyl sites for hydroxylation is 1. The Hall–Kier alpha value is -2.68. The first-order chi connectivity index (χ1) is 13.6. The van der Waals surface area contributed by atoms with Crippen LogP contribution >= 0.6 is 0 Å². The van der Waals surface area contributed by atoms with E-state index in [0.717, 1.165) is 75.8 Å². The number of ether oxygens (including phenoxy) is 1. The fraction of sp³-hybridized carbons (Fsp3) is 0.579. The summed E-state index contributed by atoms with van der Waals surface area (Å²) < 4.78 is 5.13. The van der Waals surface area contributed by atoms with Gasteiger partial charge in [0, 0.05) is 64.1 Å². The van der Waals surface area contributed by atoms with Gasteiger partial charge in [-0.25, -0.2) is 15.0 Å². The molecule has 0 aromatic carbocycles. The highest BCUT2D eigenvalue weighted by molar-refractivity contribution is 5.47. The van der Waals surface area contributed by atoms with Crippen LogP contribution in [0, 0.1) is 6.92 Å². The molecule has 2 saturated heterocycles. The third-order valence-corrected chi connectivity index (χ3v) is 5.35. The van der Waals surface area contributed by atoms with Crippen molar-refractivity contribution in [1.29, 1.82) is 0 Å². The fourth-order valence-electron chi connectivity index (χ4n) is 3.56. The molecule has 0 spiro atoms. The molecule has 0 radical (unpaired) electrons. The van der Waals surface area contributed by atoms with Crippen LogP contribution in [0.1, 0.15) is 5.69 Å². The van der Waals surface area contributed by atoms with Crippen molar-refractivity contribution in [2.24, 2.45) is 0 Å². The van der Waals surface area contributed by atoms with E-state index in [1.54, 1.807) is 19.5 Å². The van der Waals surface area contributed by atoms with Gasteiger partial charge in [-0.15, -0.1) is 0 Å². The van der Waals surface area contributed by atoms with E-state index in [2.05, 4.69) is 42.7 Å². The van der Waals surface area contributed by atoms with Crippen molar-refractivity contribution < 1.29 is 4.74 Å². The SMILES string of the molecule is COc1cnc(N2CCN(c3nc(C)cc(N4CCN(C)CC4)n3)CC2)nc1. The Bertz CT molecular complexity index is 783. The molecule has 2 aliphatic rings. The van der Waals surface area contributed by atoms with Gasteiger partial charge in [0.05, 0.1) is 19.5 Å². The minimum absolute atomic E-state index is 0.673. The van der Waals surface area contributed by atoms with Crippen LogP contribution in [0.15, 0.2) is 18.5 Å². The van der Waals surface area contributed by atoms with Crippen LogP contribution in [0.3, 0.4) is 0 Å². The highest BCUT2D eigenvalue weighted by Gasteiger charge is 2.23. The molecule has 0 bridgehead atoms. The molecule has 0 aliphatic carbocycles. The predicted octanol–water partition coefficient (Wildman–Crippen LogP) is 0.662. The summed E-state index contributed by atoms with van der Waals surface area (Å²) in [5.74, 6) is 3.27. The number of nitrogens with zero attached hydrogens (tertiary/aromatic N) is 8. The molecule has 4 rings (SSSR count). The van der Waals surface area contributed by atoms with Gasteiger partial charge in [-0.1, -0.05) is 0 Å². The van der Waals surface area contributed by atoms with Crippen LogP contribution in [0.5, 0.6) is 5.75 Å². The molecule has 9 nitrogen and oxygen atoms in total. The van der Waals surface area contributed by atoms with Gasteiger partial charge in [-0.2, -0.15) is 4.98 Å². The topological polar surface area (TPSA) is 73.8 Å². The van der Waals surface area contributed by atoms with E-state index in [4.69, 9.17) is 14.7 Å². The zero-order valence-corrected chi connectivity index (χ0v) is 16.9. The van der Waals surface area contributed by atoms with Gasteiger partial charge in [-0.3, -0.25) is 0 Å². The van der Waals surface area contributed by atoms with E-state index < -0.39 is 0 Å². The summed E-state index contributed by atoms with van der Waals surface area (Å²) in [4.78, 5) is 27.5. The van der Waals surface area contributed by atoms with Gasteiger partial charge >= 0.3 is 0 Å². The van der Waals surface area contributed by atoms with Gasteiger partial charge < -0.3 is 24.3 Å². The van der Waals surface area contributed by atoms with E-state index >= 15 is 0 Å². The molecule has 0 amide bonds. The van der Waals surface area contributed by atoms with Crippen molar-refractivity contribution in [3.05, 3.63) is 24.2 Å². The third kappa shape index (κ3) is 4.09. The molecule has 2 fully saturated rings. The molecular formula is C19H28N8O. The van der Waals surface area contributed by atoms with E-state index in [1.807, 2.05) is 6.92 Å². The Kier molecular flexibility index (Phi) is 5.43. The Labute approximate surface area is 166 Å². The fourth-order valence-corrected chi connectivity index (χ4v) is 3.56. The quantitative estimate of drug-likeness (QED) is 0.756. The van der Waals surface area contributed by atoms with Crippen LogP contribution < -0.4 is 19.4 Å². The predicted molar refractivity (Wildman–Crippen MR) is 109 cm³/mol. The van der Waals surface area contributed by atoms with Crippen molar-refractivity contribution in [2.75, 3.05) is 81.2 Å².